The molecule has 5 rings (SSSR count). The number of aromatic amines is 1. The molecule has 140 valence electrons. The normalized spacial score (nSPS) is 16.7. The first-order valence-corrected chi connectivity index (χ1v) is 9.01. The van der Waals surface area contributed by atoms with E-state index in [9.17, 15) is 9.59 Å². The zero-order valence-electron chi connectivity index (χ0n) is 14.9. The van der Waals surface area contributed by atoms with Gasteiger partial charge in [0.15, 0.2) is 5.82 Å². The fraction of sp³-hybridized carbons (Fsp3) is 0.211. The highest BCUT2D eigenvalue weighted by atomic mass is 16.2. The average molecular weight is 375 g/mol. The number of fused-ring (bicyclic) bond motifs is 2. The van der Waals surface area contributed by atoms with E-state index in [2.05, 4.69) is 30.4 Å². The summed E-state index contributed by atoms with van der Waals surface area (Å²) in [5, 5.41) is 11.8. The minimum absolute atomic E-state index is 0.0458. The number of hydrogen-bond donors (Lipinski definition) is 2. The number of pyridine rings is 1. The van der Waals surface area contributed by atoms with Crippen molar-refractivity contribution in [1.29, 1.82) is 0 Å². The van der Waals surface area contributed by atoms with Crippen molar-refractivity contribution in [2.24, 2.45) is 0 Å². The molecule has 1 atom stereocenters. The van der Waals surface area contributed by atoms with Gasteiger partial charge in [-0.15, -0.1) is 10.2 Å². The van der Waals surface area contributed by atoms with E-state index in [0.29, 0.717) is 23.3 Å². The van der Waals surface area contributed by atoms with Gasteiger partial charge >= 0.3 is 0 Å². The van der Waals surface area contributed by atoms with Gasteiger partial charge in [0.25, 0.3) is 5.91 Å². The van der Waals surface area contributed by atoms with Gasteiger partial charge in [0.1, 0.15) is 6.33 Å². The van der Waals surface area contributed by atoms with Gasteiger partial charge in [0.2, 0.25) is 11.2 Å². The molecule has 0 aliphatic carbocycles. The van der Waals surface area contributed by atoms with Crippen molar-refractivity contribution in [3.05, 3.63) is 65.0 Å². The number of H-pyrrole nitrogens is 1. The Bertz CT molecular complexity index is 1250. The molecule has 3 aromatic heterocycles. The summed E-state index contributed by atoms with van der Waals surface area (Å²) in [5.41, 5.74) is 1.43. The SMILES string of the molecule is O=C(NC1CCN(c2nccn3cnnc23)C1)c1cc(=O)[nH]c2ccccc12. The monoisotopic (exact) mass is 375 g/mol. The van der Waals surface area contributed by atoms with Crippen molar-refractivity contribution >= 4 is 28.3 Å². The van der Waals surface area contributed by atoms with E-state index in [1.807, 2.05) is 22.6 Å². The van der Waals surface area contributed by atoms with Gasteiger partial charge in [-0.3, -0.25) is 14.0 Å². The van der Waals surface area contributed by atoms with Gasteiger partial charge in [-0.25, -0.2) is 4.98 Å². The van der Waals surface area contributed by atoms with E-state index >= 15 is 0 Å². The summed E-state index contributed by atoms with van der Waals surface area (Å²) in [5.74, 6) is 0.501. The molecule has 1 aromatic carbocycles. The number of amides is 1. The zero-order chi connectivity index (χ0) is 19.1. The van der Waals surface area contributed by atoms with Gasteiger partial charge in [-0.1, -0.05) is 18.2 Å². The van der Waals surface area contributed by atoms with Crippen LogP contribution >= 0.6 is 0 Å². The van der Waals surface area contributed by atoms with Crippen LogP contribution in [0.3, 0.4) is 0 Å². The smallest absolute Gasteiger partial charge is 0.252 e. The first-order valence-electron chi connectivity index (χ1n) is 9.01. The average Bonchev–Trinajstić information content (AvgIpc) is 3.36. The van der Waals surface area contributed by atoms with Crippen LogP contribution in [-0.2, 0) is 0 Å². The number of benzene rings is 1. The Morgan fingerprint density at radius 1 is 1.29 bits per heavy atom. The minimum atomic E-state index is -0.292. The molecular formula is C19H17N7O2. The Morgan fingerprint density at radius 3 is 3.11 bits per heavy atom. The van der Waals surface area contributed by atoms with E-state index in [4.69, 9.17) is 0 Å². The van der Waals surface area contributed by atoms with Gasteiger partial charge in [-0.2, -0.15) is 0 Å². The number of para-hydroxylation sites is 1. The Balaban J connectivity index is 1.37. The first-order chi connectivity index (χ1) is 13.7. The third-order valence-electron chi connectivity index (χ3n) is 5.02. The summed E-state index contributed by atoms with van der Waals surface area (Å²) >= 11 is 0. The summed E-state index contributed by atoms with van der Waals surface area (Å²) in [6.07, 6.45) is 5.92. The van der Waals surface area contributed by atoms with Crippen molar-refractivity contribution in [3.8, 4) is 0 Å². The third-order valence-corrected chi connectivity index (χ3v) is 5.02. The molecule has 28 heavy (non-hydrogen) atoms. The number of carbonyl (C=O) groups is 1. The molecule has 0 saturated carbocycles. The van der Waals surface area contributed by atoms with Crippen LogP contribution in [0.15, 0.2) is 53.8 Å². The summed E-state index contributed by atoms with van der Waals surface area (Å²) in [6, 6.07) is 8.60. The van der Waals surface area contributed by atoms with Crippen molar-refractivity contribution in [1.82, 2.24) is 29.9 Å². The number of aromatic nitrogens is 5. The van der Waals surface area contributed by atoms with Crippen molar-refractivity contribution in [3.63, 3.8) is 0 Å². The van der Waals surface area contributed by atoms with Crippen LogP contribution in [-0.4, -0.2) is 49.6 Å². The lowest BCUT2D eigenvalue weighted by atomic mass is 10.1. The minimum Gasteiger partial charge on any atom is -0.351 e. The van der Waals surface area contributed by atoms with Crippen LogP contribution in [0.2, 0.25) is 0 Å². The highest BCUT2D eigenvalue weighted by Crippen LogP contribution is 2.22. The Labute approximate surface area is 159 Å². The molecule has 1 fully saturated rings. The third kappa shape index (κ3) is 2.77. The zero-order valence-corrected chi connectivity index (χ0v) is 14.9. The van der Waals surface area contributed by atoms with Crippen LogP contribution in [0.5, 0.6) is 0 Å². The van der Waals surface area contributed by atoms with Crippen LogP contribution < -0.4 is 15.8 Å². The lowest BCUT2D eigenvalue weighted by Crippen LogP contribution is -2.37. The summed E-state index contributed by atoms with van der Waals surface area (Å²) in [7, 11) is 0. The molecule has 0 radical (unpaired) electrons. The Kier molecular flexibility index (Phi) is 3.78. The molecule has 1 aliphatic rings. The van der Waals surface area contributed by atoms with Gasteiger partial charge < -0.3 is 15.2 Å². The summed E-state index contributed by atoms with van der Waals surface area (Å²) < 4.78 is 1.82. The van der Waals surface area contributed by atoms with E-state index in [1.54, 1.807) is 24.8 Å². The fourth-order valence-corrected chi connectivity index (χ4v) is 3.69. The van der Waals surface area contributed by atoms with Crippen LogP contribution in [0.1, 0.15) is 16.8 Å². The number of anilines is 1. The van der Waals surface area contributed by atoms with Crippen LogP contribution in [0.25, 0.3) is 16.6 Å². The second-order valence-electron chi connectivity index (χ2n) is 6.81. The largest absolute Gasteiger partial charge is 0.351 e. The highest BCUT2D eigenvalue weighted by molar-refractivity contribution is 6.06. The number of carbonyl (C=O) groups excluding carboxylic acids is 1. The first kappa shape index (κ1) is 16.4. The molecule has 4 heterocycles. The van der Waals surface area contributed by atoms with Crippen molar-refractivity contribution in [2.75, 3.05) is 18.0 Å². The van der Waals surface area contributed by atoms with Crippen LogP contribution in [0.4, 0.5) is 5.82 Å². The number of nitrogens with zero attached hydrogens (tertiary/aromatic N) is 5. The van der Waals surface area contributed by atoms with Gasteiger partial charge in [0, 0.05) is 48.5 Å². The summed E-state index contributed by atoms with van der Waals surface area (Å²) in [4.78, 5) is 34.0. The molecule has 0 spiro atoms. The molecule has 9 nitrogen and oxygen atoms in total. The molecule has 2 N–H and O–H groups in total. The van der Waals surface area contributed by atoms with Gasteiger partial charge in [0.05, 0.1) is 5.56 Å². The molecule has 1 aliphatic heterocycles. The number of rotatable bonds is 3. The second kappa shape index (κ2) is 6.45. The molecular weight excluding hydrogens is 358 g/mol. The Hall–Kier alpha value is -3.75. The molecule has 1 saturated heterocycles. The van der Waals surface area contributed by atoms with E-state index < -0.39 is 0 Å². The summed E-state index contributed by atoms with van der Waals surface area (Å²) in [6.45, 7) is 1.37. The lowest BCUT2D eigenvalue weighted by molar-refractivity contribution is 0.0942. The second-order valence-corrected chi connectivity index (χ2v) is 6.81. The topological polar surface area (TPSA) is 108 Å². The van der Waals surface area contributed by atoms with Crippen LogP contribution in [0, 0.1) is 0 Å². The lowest BCUT2D eigenvalue weighted by Gasteiger charge is -2.18. The molecule has 0 bridgehead atoms. The molecule has 4 aromatic rings. The molecule has 1 amide bonds. The number of hydrogen-bond acceptors (Lipinski definition) is 6. The molecule has 1 unspecified atom stereocenters. The maximum atomic E-state index is 12.9. The predicted octanol–water partition coefficient (Wildman–Crippen LogP) is 0.974. The maximum absolute atomic E-state index is 12.9. The van der Waals surface area contributed by atoms with Gasteiger partial charge in [-0.05, 0) is 12.5 Å². The Morgan fingerprint density at radius 2 is 2.18 bits per heavy atom. The standard InChI is InChI=1S/C19H17N7O2/c27-16-9-14(13-3-1-2-4-15(13)23-16)19(28)22-12-5-7-25(10-12)17-18-24-21-11-26(18)8-6-20-17/h1-4,6,8-9,11-12H,5,7,10H2,(H,22,28)(H,23,27). The molecule has 9 heteroatoms. The van der Waals surface area contributed by atoms with E-state index in [1.165, 1.54) is 6.07 Å². The highest BCUT2D eigenvalue weighted by Gasteiger charge is 2.27. The fourth-order valence-electron chi connectivity index (χ4n) is 3.69. The van der Waals surface area contributed by atoms with E-state index in [-0.39, 0.29) is 17.5 Å². The number of nitrogens with one attached hydrogen (secondary N) is 2. The quantitative estimate of drug-likeness (QED) is 0.552. The van der Waals surface area contributed by atoms with E-state index in [0.717, 1.165) is 24.2 Å². The van der Waals surface area contributed by atoms with Crippen molar-refractivity contribution in [2.45, 2.75) is 12.5 Å². The predicted molar refractivity (Wildman–Crippen MR) is 103 cm³/mol. The maximum Gasteiger partial charge on any atom is 0.252 e. The van der Waals surface area contributed by atoms with Crippen molar-refractivity contribution < 1.29 is 4.79 Å².